The number of carbonyl (C=O) groups is 1. The van der Waals surface area contributed by atoms with Crippen LogP contribution in [0.2, 0.25) is 5.15 Å². The largest absolute Gasteiger partial charge is 0.444 e. The molecular formula is C12H17ClN2O2. The van der Waals surface area contributed by atoms with Gasteiger partial charge in [-0.25, -0.2) is 9.78 Å². The van der Waals surface area contributed by atoms with Crippen molar-refractivity contribution >= 4 is 23.5 Å². The molecule has 0 unspecified atom stereocenters. The summed E-state index contributed by atoms with van der Waals surface area (Å²) in [4.78, 5) is 15.5. The zero-order chi connectivity index (χ0) is 13.1. The molecule has 0 saturated heterocycles. The lowest BCUT2D eigenvalue weighted by Gasteiger charge is -2.19. The third-order valence-electron chi connectivity index (χ3n) is 1.94. The number of hydrogen-bond donors (Lipinski definition) is 1. The molecule has 0 aromatic carbocycles. The van der Waals surface area contributed by atoms with Gasteiger partial charge in [0.05, 0.1) is 0 Å². The second-order valence-corrected chi connectivity index (χ2v) is 4.98. The Kier molecular flexibility index (Phi) is 4.34. The van der Waals surface area contributed by atoms with E-state index in [1.54, 1.807) is 26.8 Å². The number of nitrogens with zero attached hydrogens (tertiary/aromatic N) is 1. The molecule has 0 aliphatic carbocycles. The summed E-state index contributed by atoms with van der Waals surface area (Å²) in [5.74, 6) is 0.390. The fraction of sp³-hybridized carbons (Fsp3) is 0.500. The van der Waals surface area contributed by atoms with Crippen molar-refractivity contribution in [3.05, 3.63) is 22.8 Å². The first-order valence-electron chi connectivity index (χ1n) is 5.47. The monoisotopic (exact) mass is 256 g/mol. The van der Waals surface area contributed by atoms with Gasteiger partial charge in [0, 0.05) is 0 Å². The standard InChI is InChI=1S/C12H17ClN2O2/c1-5-8-6-7-9(14-10(8)13)15-11(16)17-12(2,3)4/h6-7H,5H2,1-4H3,(H,14,15,16). The van der Waals surface area contributed by atoms with Crippen LogP contribution >= 0.6 is 11.6 Å². The number of halogens is 1. The van der Waals surface area contributed by atoms with Crippen LogP contribution in [0, 0.1) is 0 Å². The van der Waals surface area contributed by atoms with Crippen LogP contribution < -0.4 is 5.32 Å². The molecule has 5 heteroatoms. The fourth-order valence-corrected chi connectivity index (χ4v) is 1.49. The summed E-state index contributed by atoms with van der Waals surface area (Å²) < 4.78 is 5.10. The van der Waals surface area contributed by atoms with Crippen molar-refractivity contribution in [2.24, 2.45) is 0 Å². The van der Waals surface area contributed by atoms with Crippen LogP contribution in [0.15, 0.2) is 12.1 Å². The number of nitrogens with one attached hydrogen (secondary N) is 1. The van der Waals surface area contributed by atoms with E-state index >= 15 is 0 Å². The lowest BCUT2D eigenvalue weighted by atomic mass is 10.2. The zero-order valence-corrected chi connectivity index (χ0v) is 11.3. The first-order valence-corrected chi connectivity index (χ1v) is 5.85. The van der Waals surface area contributed by atoms with Crippen molar-refractivity contribution in [2.75, 3.05) is 5.32 Å². The molecule has 1 rings (SSSR count). The molecule has 0 fully saturated rings. The lowest BCUT2D eigenvalue weighted by Crippen LogP contribution is -2.27. The lowest BCUT2D eigenvalue weighted by molar-refractivity contribution is 0.0635. The van der Waals surface area contributed by atoms with Gasteiger partial charge in [-0.1, -0.05) is 24.6 Å². The highest BCUT2D eigenvalue weighted by molar-refractivity contribution is 6.30. The highest BCUT2D eigenvalue weighted by Crippen LogP contribution is 2.17. The Balaban J connectivity index is 2.69. The molecule has 0 aliphatic heterocycles. The average molecular weight is 257 g/mol. The number of carbonyl (C=O) groups excluding carboxylic acids is 1. The predicted molar refractivity (Wildman–Crippen MR) is 68.5 cm³/mol. The fourth-order valence-electron chi connectivity index (χ4n) is 1.20. The van der Waals surface area contributed by atoms with Crippen LogP contribution in [0.5, 0.6) is 0 Å². The van der Waals surface area contributed by atoms with E-state index in [0.717, 1.165) is 12.0 Å². The van der Waals surface area contributed by atoms with Crippen LogP contribution in [-0.2, 0) is 11.2 Å². The highest BCUT2D eigenvalue weighted by Gasteiger charge is 2.16. The molecule has 1 heterocycles. The minimum Gasteiger partial charge on any atom is -0.444 e. The van der Waals surface area contributed by atoms with E-state index in [2.05, 4.69) is 10.3 Å². The second kappa shape index (κ2) is 5.36. The van der Waals surface area contributed by atoms with Crippen molar-refractivity contribution in [3.8, 4) is 0 Å². The maximum absolute atomic E-state index is 11.5. The summed E-state index contributed by atoms with van der Waals surface area (Å²) in [7, 11) is 0. The molecule has 0 bridgehead atoms. The first-order chi connectivity index (χ1) is 7.81. The molecule has 1 aromatic rings. The number of anilines is 1. The number of ether oxygens (including phenoxy) is 1. The van der Waals surface area contributed by atoms with Gasteiger partial charge in [-0.05, 0) is 38.8 Å². The van der Waals surface area contributed by atoms with E-state index in [1.807, 2.05) is 13.0 Å². The Morgan fingerprint density at radius 2 is 2.12 bits per heavy atom. The normalized spacial score (nSPS) is 11.1. The summed E-state index contributed by atoms with van der Waals surface area (Å²) >= 11 is 5.94. The Bertz CT molecular complexity index is 413. The van der Waals surface area contributed by atoms with Crippen LogP contribution in [0.3, 0.4) is 0 Å². The molecule has 17 heavy (non-hydrogen) atoms. The Labute approximate surface area is 106 Å². The van der Waals surface area contributed by atoms with Gasteiger partial charge < -0.3 is 4.74 Å². The number of aromatic nitrogens is 1. The molecule has 1 amide bonds. The van der Waals surface area contributed by atoms with E-state index in [-0.39, 0.29) is 0 Å². The van der Waals surface area contributed by atoms with Crippen molar-refractivity contribution in [3.63, 3.8) is 0 Å². The molecule has 0 saturated carbocycles. The average Bonchev–Trinajstić information content (AvgIpc) is 2.14. The quantitative estimate of drug-likeness (QED) is 0.822. The molecule has 94 valence electrons. The second-order valence-electron chi connectivity index (χ2n) is 4.63. The van der Waals surface area contributed by atoms with Gasteiger partial charge in [0.2, 0.25) is 0 Å². The highest BCUT2D eigenvalue weighted by atomic mass is 35.5. The zero-order valence-electron chi connectivity index (χ0n) is 10.5. The van der Waals surface area contributed by atoms with Gasteiger partial charge in [0.1, 0.15) is 16.6 Å². The summed E-state index contributed by atoms with van der Waals surface area (Å²) in [6.45, 7) is 7.39. The number of rotatable bonds is 2. The molecule has 0 radical (unpaired) electrons. The van der Waals surface area contributed by atoms with Gasteiger partial charge in [0.15, 0.2) is 0 Å². The number of hydrogen-bond acceptors (Lipinski definition) is 3. The Hall–Kier alpha value is -1.29. The molecular weight excluding hydrogens is 240 g/mol. The maximum atomic E-state index is 11.5. The molecule has 0 aliphatic rings. The number of amides is 1. The van der Waals surface area contributed by atoms with E-state index < -0.39 is 11.7 Å². The van der Waals surface area contributed by atoms with Gasteiger partial charge in [-0.15, -0.1) is 0 Å². The minimum absolute atomic E-state index is 0.390. The third-order valence-corrected chi connectivity index (χ3v) is 2.26. The van der Waals surface area contributed by atoms with Crippen molar-refractivity contribution < 1.29 is 9.53 Å². The predicted octanol–water partition coefficient (Wildman–Crippen LogP) is 3.64. The van der Waals surface area contributed by atoms with E-state index in [0.29, 0.717) is 11.0 Å². The van der Waals surface area contributed by atoms with Crippen LogP contribution in [0.1, 0.15) is 33.3 Å². The Morgan fingerprint density at radius 1 is 1.47 bits per heavy atom. The van der Waals surface area contributed by atoms with Crippen LogP contribution in [0.25, 0.3) is 0 Å². The first kappa shape index (κ1) is 13.8. The SMILES string of the molecule is CCc1ccc(NC(=O)OC(C)(C)C)nc1Cl. The smallest absolute Gasteiger partial charge is 0.413 e. The summed E-state index contributed by atoms with van der Waals surface area (Å²) in [6.07, 6.45) is 0.267. The van der Waals surface area contributed by atoms with Gasteiger partial charge >= 0.3 is 6.09 Å². The third kappa shape index (κ3) is 4.61. The van der Waals surface area contributed by atoms with E-state index in [9.17, 15) is 4.79 Å². The minimum atomic E-state index is -0.537. The van der Waals surface area contributed by atoms with Crippen molar-refractivity contribution in [1.29, 1.82) is 0 Å². The number of aryl methyl sites for hydroxylation is 1. The molecule has 4 nitrogen and oxygen atoms in total. The molecule has 0 atom stereocenters. The van der Waals surface area contributed by atoms with Crippen molar-refractivity contribution in [1.82, 2.24) is 4.98 Å². The maximum Gasteiger partial charge on any atom is 0.413 e. The molecule has 1 N–H and O–H groups in total. The summed E-state index contributed by atoms with van der Waals surface area (Å²) in [5, 5.41) is 2.94. The summed E-state index contributed by atoms with van der Waals surface area (Å²) in [6, 6.07) is 3.54. The van der Waals surface area contributed by atoms with Gasteiger partial charge in [-0.3, -0.25) is 5.32 Å². The van der Waals surface area contributed by atoms with Gasteiger partial charge in [0.25, 0.3) is 0 Å². The summed E-state index contributed by atoms with van der Waals surface area (Å²) in [5.41, 5.74) is 0.415. The topological polar surface area (TPSA) is 51.2 Å². The van der Waals surface area contributed by atoms with Gasteiger partial charge in [-0.2, -0.15) is 0 Å². The number of pyridine rings is 1. The Morgan fingerprint density at radius 3 is 2.59 bits per heavy atom. The van der Waals surface area contributed by atoms with E-state index in [1.165, 1.54) is 0 Å². The van der Waals surface area contributed by atoms with E-state index in [4.69, 9.17) is 16.3 Å². The van der Waals surface area contributed by atoms with Crippen LogP contribution in [0.4, 0.5) is 10.6 Å². The molecule has 0 spiro atoms. The molecule has 1 aromatic heterocycles. The van der Waals surface area contributed by atoms with Crippen LogP contribution in [-0.4, -0.2) is 16.7 Å². The van der Waals surface area contributed by atoms with Crippen molar-refractivity contribution in [2.45, 2.75) is 39.7 Å².